The molecule has 2 fully saturated rings. The molecule has 0 aliphatic carbocycles. The molecule has 2 aliphatic heterocycles. The fraction of sp³-hybridized carbons (Fsp3) is 0.800. The maximum absolute atomic E-state index is 9.10. The normalized spacial score (nSPS) is 24.9. The summed E-state index contributed by atoms with van der Waals surface area (Å²) in [6.45, 7) is 5.08. The van der Waals surface area contributed by atoms with E-state index in [-0.39, 0.29) is 0 Å². The summed E-state index contributed by atoms with van der Waals surface area (Å²) in [6.07, 6.45) is 4.30. The number of piperazine rings is 1. The van der Waals surface area contributed by atoms with Crippen molar-refractivity contribution in [2.75, 3.05) is 26.2 Å². The molecule has 3 N–H and O–H groups in total. The van der Waals surface area contributed by atoms with Crippen molar-refractivity contribution in [1.29, 1.82) is 0 Å². The summed E-state index contributed by atoms with van der Waals surface area (Å²) >= 11 is 0. The van der Waals surface area contributed by atoms with Crippen LogP contribution in [0.2, 0.25) is 0 Å². The molecule has 1 atom stereocenters. The molecule has 2 rings (SSSR count). The second-order valence-electron chi connectivity index (χ2n) is 4.00. The average Bonchev–Trinajstić information content (AvgIpc) is 2.30. The lowest BCUT2D eigenvalue weighted by Crippen LogP contribution is -2.53. The van der Waals surface area contributed by atoms with Gasteiger partial charge in [0.1, 0.15) is 0 Å². The second-order valence-corrected chi connectivity index (χ2v) is 4.00. The van der Waals surface area contributed by atoms with Crippen molar-refractivity contribution in [3.63, 3.8) is 0 Å². The number of aliphatic carboxylic acids is 2. The quantitative estimate of drug-likeness (QED) is 0.491. The summed E-state index contributed by atoms with van der Waals surface area (Å²) in [7, 11) is 0. The molecule has 0 unspecified atom stereocenters. The summed E-state index contributed by atoms with van der Waals surface area (Å²) in [5, 5.41) is 18.2. The average molecular weight is 230 g/mol. The highest BCUT2D eigenvalue weighted by molar-refractivity contribution is 6.27. The maximum atomic E-state index is 9.10. The Morgan fingerprint density at radius 2 is 1.81 bits per heavy atom. The molecule has 2 aliphatic rings. The third kappa shape index (κ3) is 4.16. The van der Waals surface area contributed by atoms with Gasteiger partial charge in [0.2, 0.25) is 0 Å². The third-order valence-electron chi connectivity index (χ3n) is 2.89. The molecule has 16 heavy (non-hydrogen) atoms. The minimum Gasteiger partial charge on any atom is -0.473 e. The number of hydrogen-bond acceptors (Lipinski definition) is 4. The van der Waals surface area contributed by atoms with Crippen LogP contribution < -0.4 is 5.32 Å². The molecule has 0 saturated carbocycles. The Morgan fingerprint density at radius 1 is 1.12 bits per heavy atom. The predicted octanol–water partition coefficient (Wildman–Crippen LogP) is -0.400. The highest BCUT2D eigenvalue weighted by Gasteiger charge is 2.23. The van der Waals surface area contributed by atoms with E-state index < -0.39 is 11.9 Å². The van der Waals surface area contributed by atoms with Crippen molar-refractivity contribution >= 4 is 11.9 Å². The zero-order valence-electron chi connectivity index (χ0n) is 9.19. The first-order valence-electron chi connectivity index (χ1n) is 5.52. The highest BCUT2D eigenvalue weighted by Crippen LogP contribution is 2.17. The zero-order chi connectivity index (χ0) is 12.0. The van der Waals surface area contributed by atoms with Crippen molar-refractivity contribution in [3.8, 4) is 0 Å². The third-order valence-corrected chi connectivity index (χ3v) is 2.89. The molecule has 6 heteroatoms. The topological polar surface area (TPSA) is 89.9 Å². The minimum absolute atomic E-state index is 0.877. The summed E-state index contributed by atoms with van der Waals surface area (Å²) < 4.78 is 0. The van der Waals surface area contributed by atoms with Crippen LogP contribution in [0.3, 0.4) is 0 Å². The molecule has 6 nitrogen and oxygen atoms in total. The van der Waals surface area contributed by atoms with Gasteiger partial charge in [0.25, 0.3) is 0 Å². The summed E-state index contributed by atoms with van der Waals surface area (Å²) in [4.78, 5) is 20.8. The van der Waals surface area contributed by atoms with Gasteiger partial charge in [0.15, 0.2) is 0 Å². The van der Waals surface area contributed by atoms with Crippen LogP contribution in [0.1, 0.15) is 19.3 Å². The summed E-state index contributed by atoms with van der Waals surface area (Å²) in [5.74, 6) is -3.65. The van der Waals surface area contributed by atoms with E-state index in [9.17, 15) is 0 Å². The zero-order valence-corrected chi connectivity index (χ0v) is 9.19. The smallest absolute Gasteiger partial charge is 0.414 e. The van der Waals surface area contributed by atoms with E-state index in [0.29, 0.717) is 0 Å². The van der Waals surface area contributed by atoms with Crippen molar-refractivity contribution < 1.29 is 19.8 Å². The molecule has 92 valence electrons. The van der Waals surface area contributed by atoms with Gasteiger partial charge in [0, 0.05) is 25.7 Å². The van der Waals surface area contributed by atoms with Gasteiger partial charge in [-0.3, -0.25) is 4.90 Å². The molecule has 0 spiro atoms. The van der Waals surface area contributed by atoms with Gasteiger partial charge in [-0.25, -0.2) is 9.59 Å². The second kappa shape index (κ2) is 6.44. The van der Waals surface area contributed by atoms with E-state index in [4.69, 9.17) is 19.8 Å². The first kappa shape index (κ1) is 12.9. The summed E-state index contributed by atoms with van der Waals surface area (Å²) in [5.41, 5.74) is 0. The van der Waals surface area contributed by atoms with E-state index in [1.165, 1.54) is 45.4 Å². The van der Waals surface area contributed by atoms with Gasteiger partial charge < -0.3 is 15.5 Å². The van der Waals surface area contributed by atoms with E-state index in [1.54, 1.807) is 0 Å². The van der Waals surface area contributed by atoms with Gasteiger partial charge >= 0.3 is 11.9 Å². The fourth-order valence-electron chi connectivity index (χ4n) is 2.08. The first-order chi connectivity index (χ1) is 7.61. The molecule has 0 aromatic carbocycles. The Bertz CT molecular complexity index is 219. The van der Waals surface area contributed by atoms with Crippen molar-refractivity contribution in [1.82, 2.24) is 10.2 Å². The van der Waals surface area contributed by atoms with Crippen LogP contribution in [0.4, 0.5) is 0 Å². The SMILES string of the molecule is C1CCN2CCNC[C@H]2C1.O=C(O)C(=O)O. The van der Waals surface area contributed by atoms with Crippen LogP contribution in [-0.2, 0) is 9.59 Å². The molecule has 2 heterocycles. The van der Waals surface area contributed by atoms with Crippen LogP contribution in [0.25, 0.3) is 0 Å². The molecule has 0 aromatic rings. The van der Waals surface area contributed by atoms with Gasteiger partial charge in [-0.1, -0.05) is 6.42 Å². The predicted molar refractivity (Wildman–Crippen MR) is 57.4 cm³/mol. The van der Waals surface area contributed by atoms with E-state index in [1.807, 2.05) is 0 Å². The lowest BCUT2D eigenvalue weighted by Gasteiger charge is -2.39. The van der Waals surface area contributed by atoms with Crippen LogP contribution in [0.15, 0.2) is 0 Å². The highest BCUT2D eigenvalue weighted by atomic mass is 16.4. The van der Waals surface area contributed by atoms with E-state index in [2.05, 4.69) is 10.2 Å². The van der Waals surface area contributed by atoms with Crippen LogP contribution in [0, 0.1) is 0 Å². The number of carboxylic acids is 2. The lowest BCUT2D eigenvalue weighted by molar-refractivity contribution is -0.159. The van der Waals surface area contributed by atoms with E-state index >= 15 is 0 Å². The molecular formula is C10H18N2O4. The van der Waals surface area contributed by atoms with Gasteiger partial charge in [-0.15, -0.1) is 0 Å². The van der Waals surface area contributed by atoms with Crippen LogP contribution >= 0.6 is 0 Å². The first-order valence-corrected chi connectivity index (χ1v) is 5.52. The van der Waals surface area contributed by atoms with Crippen molar-refractivity contribution in [3.05, 3.63) is 0 Å². The summed E-state index contributed by atoms with van der Waals surface area (Å²) in [6, 6.07) is 0.877. The Labute approximate surface area is 94.2 Å². The lowest BCUT2D eigenvalue weighted by atomic mass is 10.0. The van der Waals surface area contributed by atoms with Crippen molar-refractivity contribution in [2.45, 2.75) is 25.3 Å². The number of hydrogen-bond donors (Lipinski definition) is 3. The monoisotopic (exact) mass is 230 g/mol. The number of rotatable bonds is 0. The molecule has 0 aromatic heterocycles. The minimum atomic E-state index is -1.82. The Hall–Kier alpha value is -1.14. The van der Waals surface area contributed by atoms with Gasteiger partial charge in [-0.2, -0.15) is 0 Å². The molecule has 0 radical (unpaired) electrons. The fourth-order valence-corrected chi connectivity index (χ4v) is 2.08. The molecule has 2 saturated heterocycles. The molecule has 0 bridgehead atoms. The number of carboxylic acid groups (broad SMARTS) is 2. The van der Waals surface area contributed by atoms with Crippen LogP contribution in [-0.4, -0.2) is 59.3 Å². The maximum Gasteiger partial charge on any atom is 0.414 e. The van der Waals surface area contributed by atoms with Crippen LogP contribution in [0.5, 0.6) is 0 Å². The number of fused-ring (bicyclic) bond motifs is 1. The number of nitrogens with one attached hydrogen (secondary N) is 1. The van der Waals surface area contributed by atoms with E-state index in [0.717, 1.165) is 6.04 Å². The largest absolute Gasteiger partial charge is 0.473 e. The van der Waals surface area contributed by atoms with Gasteiger partial charge in [0.05, 0.1) is 0 Å². The number of carbonyl (C=O) groups is 2. The molecule has 0 amide bonds. The Balaban J connectivity index is 0.000000187. The Morgan fingerprint density at radius 3 is 2.38 bits per heavy atom. The van der Waals surface area contributed by atoms with Gasteiger partial charge in [-0.05, 0) is 19.4 Å². The number of piperidine rings is 1. The number of nitrogens with zero attached hydrogens (tertiary/aromatic N) is 1. The standard InChI is InChI=1S/C8H16N2.C2H2O4/c1-2-5-10-6-4-9-7-8(10)3-1;3-1(4)2(5)6/h8-9H,1-7H2;(H,3,4)(H,5,6)/t8-;/m1./s1. The molecular weight excluding hydrogens is 212 g/mol. The van der Waals surface area contributed by atoms with Crippen molar-refractivity contribution in [2.24, 2.45) is 0 Å². The Kier molecular flexibility index (Phi) is 5.21.